The molecule has 1 aliphatic rings. The molecule has 5 rings (SSSR count). The van der Waals surface area contributed by atoms with Gasteiger partial charge < -0.3 is 10.1 Å². The number of hydrogen-bond acceptors (Lipinski definition) is 4. The minimum Gasteiger partial charge on any atom is -0.481 e. The molecule has 7 heteroatoms. The number of aromatic nitrogens is 4. The smallest absolute Gasteiger partial charge is 0.307 e. The van der Waals surface area contributed by atoms with Crippen LogP contribution in [-0.4, -0.2) is 30.7 Å². The summed E-state index contributed by atoms with van der Waals surface area (Å²) in [6.07, 6.45) is 4.35. The average molecular weight is 395 g/mol. The number of carbonyl (C=O) groups is 1. The van der Waals surface area contributed by atoms with Gasteiger partial charge in [0.05, 0.1) is 11.6 Å². The molecule has 2 atom stereocenters. The van der Waals surface area contributed by atoms with E-state index in [0.29, 0.717) is 5.92 Å². The van der Waals surface area contributed by atoms with Crippen molar-refractivity contribution in [1.82, 2.24) is 19.6 Å². The molecule has 6 nitrogen and oxygen atoms in total. The molecule has 144 valence electrons. The van der Waals surface area contributed by atoms with Crippen molar-refractivity contribution in [2.75, 3.05) is 0 Å². The Morgan fingerprint density at radius 3 is 2.86 bits per heavy atom. The Balaban J connectivity index is 1.69. The first kappa shape index (κ1) is 17.4. The van der Waals surface area contributed by atoms with Crippen molar-refractivity contribution in [2.24, 2.45) is 5.92 Å². The molecular weight excluding hydrogens is 372 g/mol. The maximum atomic E-state index is 11.3. The van der Waals surface area contributed by atoms with Crippen LogP contribution in [0.3, 0.4) is 0 Å². The first-order valence-corrected chi connectivity index (χ1v) is 10.4. The molecule has 2 unspecified atom stereocenters. The van der Waals surface area contributed by atoms with Crippen LogP contribution in [0.4, 0.5) is 0 Å². The first-order valence-electron chi connectivity index (χ1n) is 9.54. The van der Waals surface area contributed by atoms with Crippen LogP contribution < -0.4 is 0 Å². The summed E-state index contributed by atoms with van der Waals surface area (Å²) in [4.78, 5) is 21.6. The summed E-state index contributed by atoms with van der Waals surface area (Å²) in [5.74, 6) is -0.393. The lowest BCUT2D eigenvalue weighted by Gasteiger charge is -2.11. The average Bonchev–Trinajstić information content (AvgIpc) is 2.98. The highest BCUT2D eigenvalue weighted by molar-refractivity contribution is 7.19. The van der Waals surface area contributed by atoms with Crippen molar-refractivity contribution in [3.63, 3.8) is 0 Å². The van der Waals surface area contributed by atoms with Gasteiger partial charge in [-0.3, -0.25) is 4.79 Å². The predicted molar refractivity (Wildman–Crippen MR) is 110 cm³/mol. The van der Waals surface area contributed by atoms with Gasteiger partial charge >= 0.3 is 5.97 Å². The third kappa shape index (κ3) is 2.42. The number of hydrogen-bond donors (Lipinski definition) is 2. The molecule has 28 heavy (non-hydrogen) atoms. The van der Waals surface area contributed by atoms with Crippen molar-refractivity contribution < 1.29 is 9.90 Å². The van der Waals surface area contributed by atoms with Crippen LogP contribution in [0.25, 0.3) is 27.1 Å². The van der Waals surface area contributed by atoms with Gasteiger partial charge in [0.15, 0.2) is 5.65 Å². The first-order chi connectivity index (χ1) is 13.4. The van der Waals surface area contributed by atoms with Gasteiger partial charge in [0.1, 0.15) is 11.2 Å². The van der Waals surface area contributed by atoms with E-state index in [1.54, 1.807) is 17.7 Å². The highest BCUT2D eigenvalue weighted by Gasteiger charge is 2.46. The van der Waals surface area contributed by atoms with E-state index in [2.05, 4.69) is 48.8 Å². The van der Waals surface area contributed by atoms with Crippen LogP contribution >= 0.6 is 11.3 Å². The Labute approximate surface area is 166 Å². The van der Waals surface area contributed by atoms with E-state index in [1.807, 2.05) is 10.7 Å². The number of carboxylic acids is 1. The maximum Gasteiger partial charge on any atom is 0.307 e. The monoisotopic (exact) mass is 394 g/mol. The molecule has 4 aromatic heterocycles. The molecule has 2 N–H and O–H groups in total. The van der Waals surface area contributed by atoms with Crippen molar-refractivity contribution in [1.29, 1.82) is 0 Å². The zero-order valence-corrected chi connectivity index (χ0v) is 17.1. The zero-order chi connectivity index (χ0) is 19.7. The number of aryl methyl sites for hydroxylation is 2. The van der Waals surface area contributed by atoms with Gasteiger partial charge in [-0.1, -0.05) is 13.8 Å². The van der Waals surface area contributed by atoms with Gasteiger partial charge in [-0.25, -0.2) is 9.50 Å². The van der Waals surface area contributed by atoms with Crippen molar-refractivity contribution in [3.05, 3.63) is 40.2 Å². The third-order valence-electron chi connectivity index (χ3n) is 5.83. The van der Waals surface area contributed by atoms with Crippen molar-refractivity contribution in [2.45, 2.75) is 46.0 Å². The number of aliphatic carboxylic acids is 1. The molecule has 4 aromatic rings. The summed E-state index contributed by atoms with van der Waals surface area (Å²) in [6.45, 7) is 8.61. The predicted octanol–water partition coefficient (Wildman–Crippen LogP) is 4.87. The summed E-state index contributed by atoms with van der Waals surface area (Å²) in [5, 5.41) is 14.9. The highest BCUT2D eigenvalue weighted by Crippen LogP contribution is 2.54. The number of fused-ring (bicyclic) bond motifs is 2. The quantitative estimate of drug-likeness (QED) is 0.517. The van der Waals surface area contributed by atoms with Gasteiger partial charge in [0.2, 0.25) is 0 Å². The summed E-state index contributed by atoms with van der Waals surface area (Å²) >= 11 is 1.72. The molecule has 0 aliphatic heterocycles. The number of H-pyrrole nitrogens is 1. The second-order valence-corrected chi connectivity index (χ2v) is 9.14. The molecule has 0 bridgehead atoms. The minimum absolute atomic E-state index is 0.167. The number of rotatable bonds is 4. The standard InChI is InChI=1S/C21H22N4O2S/c1-9(2)15-16-11(4)18(13-6-14(13)21(26)27)28-20(16)24-17(15)12-5-10(3)19-22-8-23-25(19)7-12/h5,7-9,13-14,24H,6H2,1-4H3,(H,26,27). The van der Waals surface area contributed by atoms with Crippen LogP contribution in [-0.2, 0) is 4.79 Å². The fourth-order valence-electron chi connectivity index (χ4n) is 4.40. The fraction of sp³-hybridized carbons (Fsp3) is 0.381. The topological polar surface area (TPSA) is 83.3 Å². The lowest BCUT2D eigenvalue weighted by molar-refractivity contribution is -0.138. The summed E-state index contributed by atoms with van der Waals surface area (Å²) in [7, 11) is 0. The molecule has 0 radical (unpaired) electrons. The summed E-state index contributed by atoms with van der Waals surface area (Å²) in [5.41, 5.74) is 6.70. The van der Waals surface area contributed by atoms with Gasteiger partial charge in [-0.05, 0) is 48.9 Å². The zero-order valence-electron chi connectivity index (χ0n) is 16.3. The van der Waals surface area contributed by atoms with Crippen LogP contribution in [0.5, 0.6) is 0 Å². The number of nitrogens with zero attached hydrogens (tertiary/aromatic N) is 3. The van der Waals surface area contributed by atoms with Crippen LogP contribution in [0.1, 0.15) is 53.7 Å². The van der Waals surface area contributed by atoms with Gasteiger partial charge in [0.25, 0.3) is 0 Å². The number of thiophene rings is 1. The fourth-order valence-corrected chi connectivity index (χ4v) is 5.80. The van der Waals surface area contributed by atoms with Crippen molar-refractivity contribution >= 4 is 33.2 Å². The number of aromatic amines is 1. The van der Waals surface area contributed by atoms with Crippen LogP contribution in [0.15, 0.2) is 18.6 Å². The number of nitrogens with one attached hydrogen (secondary N) is 1. The summed E-state index contributed by atoms with van der Waals surface area (Å²) < 4.78 is 1.82. The van der Waals surface area contributed by atoms with E-state index in [4.69, 9.17) is 0 Å². The Morgan fingerprint density at radius 2 is 2.18 bits per heavy atom. The SMILES string of the molecule is Cc1c(C2CC2C(=O)O)sc2[nH]c(-c3cc(C)c4ncnn4c3)c(C(C)C)c12. The third-order valence-corrected chi connectivity index (χ3v) is 7.17. The van der Waals surface area contributed by atoms with E-state index < -0.39 is 5.97 Å². The highest BCUT2D eigenvalue weighted by atomic mass is 32.1. The maximum absolute atomic E-state index is 11.3. The lowest BCUT2D eigenvalue weighted by Crippen LogP contribution is -1.99. The van der Waals surface area contributed by atoms with E-state index in [-0.39, 0.29) is 11.8 Å². The minimum atomic E-state index is -0.678. The summed E-state index contributed by atoms with van der Waals surface area (Å²) in [6, 6.07) is 2.16. The molecule has 0 aromatic carbocycles. The Hall–Kier alpha value is -2.67. The van der Waals surface area contributed by atoms with E-state index >= 15 is 0 Å². The molecular formula is C21H22N4O2S. The van der Waals surface area contributed by atoms with Gasteiger partial charge in [-0.2, -0.15) is 5.10 Å². The van der Waals surface area contributed by atoms with E-state index in [9.17, 15) is 9.90 Å². The van der Waals surface area contributed by atoms with Gasteiger partial charge in [-0.15, -0.1) is 11.3 Å². The van der Waals surface area contributed by atoms with E-state index in [0.717, 1.165) is 33.7 Å². The van der Waals surface area contributed by atoms with Crippen LogP contribution in [0, 0.1) is 19.8 Å². The molecule has 1 fully saturated rings. The molecule has 4 heterocycles. The lowest BCUT2D eigenvalue weighted by atomic mass is 9.95. The largest absolute Gasteiger partial charge is 0.481 e. The Bertz CT molecular complexity index is 1250. The Kier molecular flexibility index (Phi) is 3.68. The van der Waals surface area contributed by atoms with Gasteiger partial charge in [0, 0.05) is 27.9 Å². The number of carboxylic acid groups (broad SMARTS) is 1. The molecule has 0 saturated heterocycles. The normalized spacial score (nSPS) is 19.2. The Morgan fingerprint density at radius 1 is 1.39 bits per heavy atom. The second-order valence-electron chi connectivity index (χ2n) is 8.09. The van der Waals surface area contributed by atoms with E-state index in [1.165, 1.54) is 21.4 Å². The molecule has 1 saturated carbocycles. The van der Waals surface area contributed by atoms with Crippen molar-refractivity contribution in [3.8, 4) is 11.3 Å². The number of pyridine rings is 1. The second kappa shape index (κ2) is 5.91. The molecule has 0 amide bonds. The van der Waals surface area contributed by atoms with Crippen LogP contribution in [0.2, 0.25) is 0 Å². The molecule has 1 aliphatic carbocycles. The molecule has 0 spiro atoms.